The summed E-state index contributed by atoms with van der Waals surface area (Å²) in [6, 6.07) is 15.2. The van der Waals surface area contributed by atoms with Gasteiger partial charge in [0.05, 0.1) is 12.1 Å². The second-order valence-corrected chi connectivity index (χ2v) is 7.91. The molecule has 0 aliphatic heterocycles. The molecule has 1 aromatic heterocycles. The van der Waals surface area contributed by atoms with Crippen LogP contribution in [0, 0.1) is 6.92 Å². The average Bonchev–Trinajstić information content (AvgIpc) is 2.69. The quantitative estimate of drug-likeness (QED) is 0.173. The van der Waals surface area contributed by atoms with E-state index in [-0.39, 0.29) is 23.3 Å². The number of aryl methyl sites for hydroxylation is 1. The first kappa shape index (κ1) is 21.2. The molecule has 2 aromatic carbocycles. The van der Waals surface area contributed by atoms with Crippen LogP contribution in [0.1, 0.15) is 12.0 Å². The van der Waals surface area contributed by atoms with E-state index in [9.17, 15) is 8.42 Å². The maximum absolute atomic E-state index is 12.7. The summed E-state index contributed by atoms with van der Waals surface area (Å²) in [5.74, 6) is 0.448. The highest BCUT2D eigenvalue weighted by molar-refractivity contribution is 7.87. The van der Waals surface area contributed by atoms with Crippen molar-refractivity contribution in [2.24, 2.45) is 16.6 Å². The van der Waals surface area contributed by atoms with E-state index in [1.54, 1.807) is 30.3 Å². The first-order valence-corrected chi connectivity index (χ1v) is 10.5. The summed E-state index contributed by atoms with van der Waals surface area (Å²) in [5.41, 5.74) is 11.7. The van der Waals surface area contributed by atoms with Gasteiger partial charge in [-0.25, -0.2) is 4.98 Å². The van der Waals surface area contributed by atoms with Crippen LogP contribution in [0.2, 0.25) is 0 Å². The summed E-state index contributed by atoms with van der Waals surface area (Å²) >= 11 is 0. The summed E-state index contributed by atoms with van der Waals surface area (Å²) in [6.45, 7) is 2.40. The van der Waals surface area contributed by atoms with Gasteiger partial charge in [0.2, 0.25) is 5.96 Å². The number of pyridine rings is 1. The topological polar surface area (TPSA) is 139 Å². The minimum absolute atomic E-state index is 0.136. The molecule has 9 nitrogen and oxygen atoms in total. The van der Waals surface area contributed by atoms with Crippen LogP contribution in [-0.2, 0) is 15.0 Å². The van der Waals surface area contributed by atoms with Crippen LogP contribution in [0.15, 0.2) is 64.8 Å². The van der Waals surface area contributed by atoms with E-state index in [1.165, 1.54) is 12.1 Å². The largest absolute Gasteiger partial charge is 0.493 e. The van der Waals surface area contributed by atoms with Gasteiger partial charge in [0, 0.05) is 17.9 Å². The Morgan fingerprint density at radius 1 is 1.03 bits per heavy atom. The third-order valence-electron chi connectivity index (χ3n) is 3.88. The normalized spacial score (nSPS) is 11.1. The number of benzene rings is 2. The maximum atomic E-state index is 12.7. The zero-order chi connectivity index (χ0) is 21.6. The van der Waals surface area contributed by atoms with Crippen LogP contribution >= 0.6 is 0 Å². The number of oxime groups is 1. The fourth-order valence-corrected chi connectivity index (χ4v) is 3.51. The SMILES string of the molecule is Cc1cc(OCCCON=C(N)N)cc(OS(=O)(=O)c2ccc3ccccc3n2)c1. The van der Waals surface area contributed by atoms with Gasteiger partial charge in [0.1, 0.15) is 18.1 Å². The Labute approximate surface area is 174 Å². The minimum atomic E-state index is -4.10. The third-order valence-corrected chi connectivity index (χ3v) is 5.03. The average molecular weight is 430 g/mol. The number of nitrogens with two attached hydrogens (primary N) is 2. The van der Waals surface area contributed by atoms with Crippen molar-refractivity contribution in [3.8, 4) is 11.5 Å². The number of hydrogen-bond acceptors (Lipinski definition) is 7. The van der Waals surface area contributed by atoms with Gasteiger partial charge in [-0.2, -0.15) is 8.42 Å². The Hall–Kier alpha value is -3.53. The number of guanidine groups is 1. The Morgan fingerprint density at radius 3 is 2.60 bits per heavy atom. The van der Waals surface area contributed by atoms with Gasteiger partial charge in [0.25, 0.3) is 0 Å². The van der Waals surface area contributed by atoms with Crippen molar-refractivity contribution >= 4 is 27.0 Å². The molecule has 0 amide bonds. The van der Waals surface area contributed by atoms with Crippen LogP contribution in [-0.4, -0.2) is 32.6 Å². The Bertz CT molecular complexity index is 1160. The molecule has 0 fully saturated rings. The first-order chi connectivity index (χ1) is 14.3. The van der Waals surface area contributed by atoms with Gasteiger partial charge in [-0.15, -0.1) is 0 Å². The summed E-state index contributed by atoms with van der Waals surface area (Å²) in [4.78, 5) is 9.06. The van der Waals surface area contributed by atoms with Crippen LogP contribution in [0.25, 0.3) is 10.9 Å². The van der Waals surface area contributed by atoms with Gasteiger partial charge >= 0.3 is 10.1 Å². The summed E-state index contributed by atoms with van der Waals surface area (Å²) in [7, 11) is -4.10. The highest BCUT2D eigenvalue weighted by Gasteiger charge is 2.19. The van der Waals surface area contributed by atoms with E-state index in [0.717, 1.165) is 10.9 Å². The second kappa shape index (κ2) is 9.31. The highest BCUT2D eigenvalue weighted by atomic mass is 32.2. The van der Waals surface area contributed by atoms with Crippen LogP contribution in [0.5, 0.6) is 11.5 Å². The van der Waals surface area contributed by atoms with Crippen molar-refractivity contribution in [3.05, 3.63) is 60.2 Å². The predicted octanol–water partition coefficient (Wildman–Crippen LogP) is 2.28. The van der Waals surface area contributed by atoms with Gasteiger partial charge < -0.3 is 25.2 Å². The van der Waals surface area contributed by atoms with Crippen molar-refractivity contribution in [1.29, 1.82) is 0 Å². The second-order valence-electron chi connectivity index (χ2n) is 6.41. The molecule has 3 aromatic rings. The lowest BCUT2D eigenvalue weighted by Gasteiger charge is -2.11. The number of para-hydroxylation sites is 1. The van der Waals surface area contributed by atoms with E-state index in [4.69, 9.17) is 25.2 Å². The molecule has 0 saturated heterocycles. The van der Waals surface area contributed by atoms with Crippen LogP contribution in [0.3, 0.4) is 0 Å². The van der Waals surface area contributed by atoms with Gasteiger partial charge in [-0.1, -0.05) is 18.2 Å². The van der Waals surface area contributed by atoms with Gasteiger partial charge in [-0.05, 0) is 48.0 Å². The lowest BCUT2D eigenvalue weighted by molar-refractivity contribution is 0.127. The lowest BCUT2D eigenvalue weighted by atomic mass is 10.2. The Balaban J connectivity index is 1.68. The molecule has 0 atom stereocenters. The number of rotatable bonds is 9. The Kier molecular flexibility index (Phi) is 6.58. The monoisotopic (exact) mass is 430 g/mol. The number of aromatic nitrogens is 1. The first-order valence-electron chi connectivity index (χ1n) is 9.09. The van der Waals surface area contributed by atoms with E-state index in [0.29, 0.717) is 24.3 Å². The molecule has 0 saturated carbocycles. The molecule has 158 valence electrons. The predicted molar refractivity (Wildman–Crippen MR) is 113 cm³/mol. The lowest BCUT2D eigenvalue weighted by Crippen LogP contribution is -2.23. The van der Waals surface area contributed by atoms with E-state index in [2.05, 4.69) is 10.1 Å². The summed E-state index contributed by atoms with van der Waals surface area (Å²) in [5, 5.41) is 4.08. The van der Waals surface area contributed by atoms with E-state index < -0.39 is 10.1 Å². The molecule has 0 aliphatic rings. The fraction of sp³-hybridized carbons (Fsp3) is 0.200. The Morgan fingerprint density at radius 2 is 1.80 bits per heavy atom. The van der Waals surface area contributed by atoms with E-state index in [1.807, 2.05) is 19.1 Å². The number of ether oxygens (including phenoxy) is 1. The van der Waals surface area contributed by atoms with Crippen molar-refractivity contribution in [1.82, 2.24) is 4.98 Å². The highest BCUT2D eigenvalue weighted by Crippen LogP contribution is 2.26. The van der Waals surface area contributed by atoms with Crippen molar-refractivity contribution in [3.63, 3.8) is 0 Å². The van der Waals surface area contributed by atoms with Crippen molar-refractivity contribution in [2.75, 3.05) is 13.2 Å². The molecule has 0 radical (unpaired) electrons. The van der Waals surface area contributed by atoms with E-state index >= 15 is 0 Å². The molecule has 3 rings (SSSR count). The number of hydrogen-bond donors (Lipinski definition) is 2. The number of nitrogens with zero attached hydrogens (tertiary/aromatic N) is 2. The van der Waals surface area contributed by atoms with Crippen LogP contribution in [0.4, 0.5) is 0 Å². The van der Waals surface area contributed by atoms with Crippen molar-refractivity contribution < 1.29 is 22.2 Å². The fourth-order valence-electron chi connectivity index (χ4n) is 2.64. The van der Waals surface area contributed by atoms with Gasteiger partial charge in [-0.3, -0.25) is 0 Å². The van der Waals surface area contributed by atoms with Crippen molar-refractivity contribution in [2.45, 2.75) is 18.4 Å². The molecule has 0 bridgehead atoms. The standard InChI is InChI=1S/C20H22N4O5S/c1-14-11-16(27-9-4-10-28-24-20(21)22)13-17(12-14)29-30(25,26)19-8-7-15-5-2-3-6-18(15)23-19/h2-3,5-8,11-13H,4,9-10H2,1H3,(H4,21,22,24). The smallest absolute Gasteiger partial charge is 0.356 e. The molecule has 0 spiro atoms. The molecular formula is C20H22N4O5S. The molecule has 1 heterocycles. The molecule has 30 heavy (non-hydrogen) atoms. The summed E-state index contributed by atoms with van der Waals surface area (Å²) < 4.78 is 36.3. The number of fused-ring (bicyclic) bond motifs is 1. The third kappa shape index (κ3) is 5.74. The molecule has 4 N–H and O–H groups in total. The molecule has 0 aliphatic carbocycles. The zero-order valence-electron chi connectivity index (χ0n) is 16.3. The minimum Gasteiger partial charge on any atom is -0.493 e. The summed E-state index contributed by atoms with van der Waals surface area (Å²) in [6.07, 6.45) is 0.528. The molecular weight excluding hydrogens is 408 g/mol. The maximum Gasteiger partial charge on any atom is 0.356 e. The zero-order valence-corrected chi connectivity index (χ0v) is 17.1. The molecule has 0 unspecified atom stereocenters. The molecule has 10 heteroatoms. The van der Waals surface area contributed by atoms with Gasteiger partial charge in [0.15, 0.2) is 5.03 Å². The van der Waals surface area contributed by atoms with Crippen LogP contribution < -0.4 is 20.4 Å².